The molecule has 0 N–H and O–H groups in total. The van der Waals surface area contributed by atoms with E-state index in [0.29, 0.717) is 19.9 Å². The van der Waals surface area contributed by atoms with Gasteiger partial charge < -0.3 is 14.2 Å². The van der Waals surface area contributed by atoms with Crippen LogP contribution in [0.25, 0.3) is 0 Å². The molecule has 2 aliphatic rings. The van der Waals surface area contributed by atoms with Crippen molar-refractivity contribution in [1.82, 2.24) is 30.0 Å². The maximum atomic E-state index is 5.52. The predicted molar refractivity (Wildman–Crippen MR) is 111 cm³/mol. The summed E-state index contributed by atoms with van der Waals surface area (Å²) in [5.74, 6) is 2.66. The third kappa shape index (κ3) is 4.91. The molecule has 2 aromatic rings. The van der Waals surface area contributed by atoms with Crippen LogP contribution in [0, 0.1) is 0 Å². The molecule has 1 saturated heterocycles. The standard InChI is InChI=1S/C21H32N6O3/c1-3-4-5-18(21-22-23-24-27(21)12-13-28-2)26-10-8-25(9-11-26)15-17-6-7-19-20(14-17)30-16-29-19/h6-7,14,18H,3-5,8-13,15-16H2,1-2H3. The SMILES string of the molecule is CCCCC(c1nnnn1CCOC)N1CCN(Cc2ccc3c(c2)OCO3)CC1. The minimum atomic E-state index is 0.254. The molecule has 2 aliphatic heterocycles. The van der Waals surface area contributed by atoms with Gasteiger partial charge in [0.25, 0.3) is 0 Å². The van der Waals surface area contributed by atoms with Gasteiger partial charge in [-0.2, -0.15) is 0 Å². The highest BCUT2D eigenvalue weighted by Crippen LogP contribution is 2.33. The minimum Gasteiger partial charge on any atom is -0.454 e. The fourth-order valence-corrected chi connectivity index (χ4v) is 4.19. The number of unbranched alkanes of at least 4 members (excludes halogenated alkanes) is 1. The molecule has 164 valence electrons. The number of nitrogens with zero attached hydrogens (tertiary/aromatic N) is 6. The molecular weight excluding hydrogens is 384 g/mol. The first kappa shape index (κ1) is 21.0. The highest BCUT2D eigenvalue weighted by molar-refractivity contribution is 5.44. The van der Waals surface area contributed by atoms with Crippen molar-refractivity contribution in [3.8, 4) is 11.5 Å². The first-order valence-corrected chi connectivity index (χ1v) is 10.9. The zero-order chi connectivity index (χ0) is 20.8. The third-order valence-electron chi connectivity index (χ3n) is 5.89. The Morgan fingerprint density at radius 1 is 1.13 bits per heavy atom. The van der Waals surface area contributed by atoms with Gasteiger partial charge in [-0.05, 0) is 34.5 Å². The lowest BCUT2D eigenvalue weighted by atomic mass is 10.1. The lowest BCUT2D eigenvalue weighted by Gasteiger charge is -2.38. The number of fused-ring (bicyclic) bond motifs is 1. The van der Waals surface area contributed by atoms with E-state index in [1.54, 1.807) is 7.11 Å². The lowest BCUT2D eigenvalue weighted by molar-refractivity contribution is 0.0801. The lowest BCUT2D eigenvalue weighted by Crippen LogP contribution is -2.47. The number of piperazine rings is 1. The Morgan fingerprint density at radius 3 is 2.77 bits per heavy atom. The van der Waals surface area contributed by atoms with E-state index in [1.807, 2.05) is 10.7 Å². The summed E-state index contributed by atoms with van der Waals surface area (Å²) >= 11 is 0. The van der Waals surface area contributed by atoms with Crippen molar-refractivity contribution in [3.63, 3.8) is 0 Å². The monoisotopic (exact) mass is 416 g/mol. The van der Waals surface area contributed by atoms with Crippen molar-refractivity contribution in [1.29, 1.82) is 0 Å². The van der Waals surface area contributed by atoms with Gasteiger partial charge in [0.1, 0.15) is 0 Å². The van der Waals surface area contributed by atoms with Crippen LogP contribution in [0.15, 0.2) is 18.2 Å². The van der Waals surface area contributed by atoms with Gasteiger partial charge in [-0.3, -0.25) is 9.80 Å². The molecule has 4 rings (SSSR count). The zero-order valence-electron chi connectivity index (χ0n) is 18.0. The molecule has 0 amide bonds. The van der Waals surface area contributed by atoms with Gasteiger partial charge in [-0.1, -0.05) is 25.8 Å². The Morgan fingerprint density at radius 2 is 1.97 bits per heavy atom. The second-order valence-electron chi connectivity index (χ2n) is 7.91. The van der Waals surface area contributed by atoms with E-state index < -0.39 is 0 Å². The summed E-state index contributed by atoms with van der Waals surface area (Å²) in [5.41, 5.74) is 1.26. The molecule has 0 bridgehead atoms. The molecule has 1 fully saturated rings. The van der Waals surface area contributed by atoms with E-state index in [1.165, 1.54) is 18.4 Å². The Balaban J connectivity index is 1.37. The number of benzene rings is 1. The molecule has 1 unspecified atom stereocenters. The number of aromatic nitrogens is 4. The fourth-order valence-electron chi connectivity index (χ4n) is 4.19. The number of ether oxygens (including phenoxy) is 3. The number of rotatable bonds is 10. The molecule has 0 spiro atoms. The van der Waals surface area contributed by atoms with Gasteiger partial charge >= 0.3 is 0 Å². The smallest absolute Gasteiger partial charge is 0.231 e. The van der Waals surface area contributed by atoms with Crippen molar-refractivity contribution in [2.75, 3.05) is 46.7 Å². The molecule has 1 aromatic carbocycles. The molecule has 0 radical (unpaired) electrons. The van der Waals surface area contributed by atoms with Crippen molar-refractivity contribution < 1.29 is 14.2 Å². The summed E-state index contributed by atoms with van der Waals surface area (Å²) in [6, 6.07) is 6.50. The van der Waals surface area contributed by atoms with E-state index in [0.717, 1.165) is 56.5 Å². The molecule has 9 heteroatoms. The van der Waals surface area contributed by atoms with E-state index in [4.69, 9.17) is 14.2 Å². The van der Waals surface area contributed by atoms with Gasteiger partial charge in [0.15, 0.2) is 17.3 Å². The van der Waals surface area contributed by atoms with E-state index in [9.17, 15) is 0 Å². The topological polar surface area (TPSA) is 77.8 Å². The van der Waals surface area contributed by atoms with Gasteiger partial charge in [-0.15, -0.1) is 5.10 Å². The Bertz CT molecular complexity index is 806. The molecule has 30 heavy (non-hydrogen) atoms. The molecule has 9 nitrogen and oxygen atoms in total. The normalized spacial score (nSPS) is 18.1. The molecular formula is C21H32N6O3. The van der Waals surface area contributed by atoms with Gasteiger partial charge in [0.2, 0.25) is 6.79 Å². The van der Waals surface area contributed by atoms with Crippen LogP contribution in [-0.4, -0.2) is 76.7 Å². The van der Waals surface area contributed by atoms with Crippen molar-refractivity contribution in [2.24, 2.45) is 0 Å². The van der Waals surface area contributed by atoms with Gasteiger partial charge in [0, 0.05) is 39.8 Å². The highest BCUT2D eigenvalue weighted by Gasteiger charge is 2.29. The summed E-state index contributed by atoms with van der Waals surface area (Å²) in [5, 5.41) is 12.5. The van der Waals surface area contributed by atoms with Crippen LogP contribution in [-0.2, 0) is 17.8 Å². The minimum absolute atomic E-state index is 0.254. The number of methoxy groups -OCH3 is 1. The molecule has 0 aliphatic carbocycles. The Kier molecular flexibility index (Phi) is 7.14. The largest absolute Gasteiger partial charge is 0.454 e. The molecule has 1 atom stereocenters. The van der Waals surface area contributed by atoms with Gasteiger partial charge in [-0.25, -0.2) is 4.68 Å². The van der Waals surface area contributed by atoms with Crippen molar-refractivity contribution >= 4 is 0 Å². The highest BCUT2D eigenvalue weighted by atomic mass is 16.7. The summed E-state index contributed by atoms with van der Waals surface area (Å²) in [4.78, 5) is 5.04. The van der Waals surface area contributed by atoms with Crippen LogP contribution < -0.4 is 9.47 Å². The summed E-state index contributed by atoms with van der Waals surface area (Å²) < 4.78 is 18.1. The Labute approximate surface area is 177 Å². The average Bonchev–Trinajstić information content (AvgIpc) is 3.43. The van der Waals surface area contributed by atoms with Crippen LogP contribution in [0.4, 0.5) is 0 Å². The fraction of sp³-hybridized carbons (Fsp3) is 0.667. The number of tetrazole rings is 1. The summed E-state index contributed by atoms with van der Waals surface area (Å²) in [6.45, 7) is 8.84. The Hall–Kier alpha value is -2.23. The summed E-state index contributed by atoms with van der Waals surface area (Å²) in [6.07, 6.45) is 3.41. The molecule has 1 aromatic heterocycles. The van der Waals surface area contributed by atoms with Crippen molar-refractivity contribution in [3.05, 3.63) is 29.6 Å². The maximum Gasteiger partial charge on any atom is 0.231 e. The van der Waals surface area contributed by atoms with Crippen LogP contribution in [0.5, 0.6) is 11.5 Å². The number of hydrogen-bond acceptors (Lipinski definition) is 8. The maximum absolute atomic E-state index is 5.52. The zero-order valence-corrected chi connectivity index (χ0v) is 18.0. The summed E-state index contributed by atoms with van der Waals surface area (Å²) in [7, 11) is 1.71. The quantitative estimate of drug-likeness (QED) is 0.583. The third-order valence-corrected chi connectivity index (χ3v) is 5.89. The van der Waals surface area contributed by atoms with Crippen LogP contribution >= 0.6 is 0 Å². The van der Waals surface area contributed by atoms with E-state index in [2.05, 4.69) is 44.4 Å². The van der Waals surface area contributed by atoms with Crippen LogP contribution in [0.3, 0.4) is 0 Å². The second-order valence-corrected chi connectivity index (χ2v) is 7.91. The molecule has 0 saturated carbocycles. The van der Waals surface area contributed by atoms with Crippen LogP contribution in [0.1, 0.15) is 43.6 Å². The first-order chi connectivity index (χ1) is 14.8. The molecule has 3 heterocycles. The number of hydrogen-bond donors (Lipinski definition) is 0. The van der Waals surface area contributed by atoms with E-state index in [-0.39, 0.29) is 6.04 Å². The second kappa shape index (κ2) is 10.2. The first-order valence-electron chi connectivity index (χ1n) is 10.9. The van der Waals surface area contributed by atoms with Crippen molar-refractivity contribution in [2.45, 2.75) is 45.3 Å². The van der Waals surface area contributed by atoms with E-state index >= 15 is 0 Å². The van der Waals surface area contributed by atoms with Crippen LogP contribution in [0.2, 0.25) is 0 Å². The van der Waals surface area contributed by atoms with Gasteiger partial charge in [0.05, 0.1) is 19.2 Å². The predicted octanol–water partition coefficient (Wildman–Crippen LogP) is 2.10. The average molecular weight is 417 g/mol.